The minimum absolute atomic E-state index is 0.0476. The Balaban J connectivity index is 2.01. The topological polar surface area (TPSA) is 102 Å². The second kappa shape index (κ2) is 4.89. The Morgan fingerprint density at radius 2 is 1.71 bits per heavy atom. The number of hydrogen-bond acceptors (Lipinski definition) is 6. The van der Waals surface area contributed by atoms with Gasteiger partial charge in [-0.3, -0.25) is 0 Å². The lowest BCUT2D eigenvalue weighted by Gasteiger charge is -2.35. The molecule has 1 fully saturated rings. The van der Waals surface area contributed by atoms with Gasteiger partial charge in [0.2, 0.25) is 0 Å². The normalized spacial score (nSPS) is 33.4. The molecule has 1 aromatic rings. The zero-order valence-electron chi connectivity index (χ0n) is 9.02. The molecule has 2 rings (SSSR count). The van der Waals surface area contributed by atoms with Crippen LogP contribution in [0.2, 0.25) is 0 Å². The molecule has 1 saturated heterocycles. The average molecular weight is 241 g/mol. The van der Waals surface area contributed by atoms with Crippen LogP contribution >= 0.6 is 0 Å². The van der Waals surface area contributed by atoms with Crippen molar-refractivity contribution in [3.63, 3.8) is 0 Å². The smallest absolute Gasteiger partial charge is 0.156 e. The lowest BCUT2D eigenvalue weighted by molar-refractivity contribution is -0.178. The van der Waals surface area contributed by atoms with Gasteiger partial charge in [-0.2, -0.15) is 0 Å². The summed E-state index contributed by atoms with van der Waals surface area (Å²) in [6.45, 7) is -0.0476. The minimum atomic E-state index is -1.24. The first-order chi connectivity index (χ1) is 8.08. The van der Waals surface area contributed by atoms with Gasteiger partial charge in [-0.25, -0.2) is 0 Å². The Kier molecular flexibility index (Phi) is 3.49. The van der Waals surface area contributed by atoms with Gasteiger partial charge in [-0.15, -0.1) is 0 Å². The molecule has 0 spiro atoms. The lowest BCUT2D eigenvalue weighted by atomic mass is 10.0. The van der Waals surface area contributed by atoms with E-state index in [1.807, 2.05) is 0 Å². The number of rotatable bonds is 2. The van der Waals surface area contributed by atoms with E-state index >= 15 is 0 Å². The summed E-state index contributed by atoms with van der Waals surface area (Å²) >= 11 is 0. The largest absolute Gasteiger partial charge is 0.508 e. The number of aliphatic hydroxyl groups excluding tert-OH is 3. The molecule has 0 aromatic heterocycles. The SMILES string of the molecule is Oc1ccc(N[C@@H]2OC[C@H](O)[C@H](O)[C@H]2O)cc1. The number of benzene rings is 1. The number of aromatic hydroxyl groups is 1. The van der Waals surface area contributed by atoms with Crippen molar-refractivity contribution < 1.29 is 25.2 Å². The number of ether oxygens (including phenoxy) is 1. The molecule has 0 bridgehead atoms. The predicted molar refractivity (Wildman–Crippen MR) is 59.5 cm³/mol. The molecule has 1 aliphatic rings. The summed E-state index contributed by atoms with van der Waals surface area (Å²) in [5, 5.41) is 40.4. The lowest BCUT2D eigenvalue weighted by Crippen LogP contribution is -2.55. The summed E-state index contributed by atoms with van der Waals surface area (Å²) in [4.78, 5) is 0. The minimum Gasteiger partial charge on any atom is -0.508 e. The van der Waals surface area contributed by atoms with Gasteiger partial charge in [0.05, 0.1) is 6.61 Å². The Hall–Kier alpha value is -1.34. The van der Waals surface area contributed by atoms with Crippen LogP contribution in [0.3, 0.4) is 0 Å². The fourth-order valence-electron chi connectivity index (χ4n) is 1.66. The fourth-order valence-corrected chi connectivity index (χ4v) is 1.66. The van der Waals surface area contributed by atoms with Crippen molar-refractivity contribution in [3.8, 4) is 5.75 Å². The summed E-state index contributed by atoms with van der Waals surface area (Å²) < 4.78 is 5.17. The van der Waals surface area contributed by atoms with E-state index in [0.717, 1.165) is 0 Å². The number of aliphatic hydroxyl groups is 3. The maximum Gasteiger partial charge on any atom is 0.156 e. The number of nitrogens with one attached hydrogen (secondary N) is 1. The van der Waals surface area contributed by atoms with E-state index in [4.69, 9.17) is 9.84 Å². The Morgan fingerprint density at radius 3 is 2.35 bits per heavy atom. The number of hydrogen-bond donors (Lipinski definition) is 5. The van der Waals surface area contributed by atoms with Crippen molar-refractivity contribution in [2.45, 2.75) is 24.5 Å². The van der Waals surface area contributed by atoms with Crippen molar-refractivity contribution in [2.75, 3.05) is 11.9 Å². The first-order valence-corrected chi connectivity index (χ1v) is 5.29. The summed E-state index contributed by atoms with van der Waals surface area (Å²) in [7, 11) is 0. The molecular formula is C11H15NO5. The van der Waals surface area contributed by atoms with Crippen LogP contribution in [0.25, 0.3) is 0 Å². The van der Waals surface area contributed by atoms with Crippen LogP contribution in [-0.2, 0) is 4.74 Å². The first-order valence-electron chi connectivity index (χ1n) is 5.29. The number of anilines is 1. The summed E-state index contributed by atoms with van der Waals surface area (Å²) in [5.74, 6) is 0.135. The van der Waals surface area contributed by atoms with Crippen LogP contribution in [0.15, 0.2) is 24.3 Å². The van der Waals surface area contributed by atoms with Crippen LogP contribution in [0.4, 0.5) is 5.69 Å². The maximum absolute atomic E-state index is 9.68. The number of phenolic OH excluding ortho intramolecular Hbond substituents is 1. The molecule has 6 nitrogen and oxygen atoms in total. The maximum atomic E-state index is 9.68. The third-order valence-electron chi connectivity index (χ3n) is 2.68. The molecular weight excluding hydrogens is 226 g/mol. The molecule has 0 radical (unpaired) electrons. The molecule has 1 heterocycles. The van der Waals surface area contributed by atoms with Gasteiger partial charge in [0.15, 0.2) is 6.23 Å². The highest BCUT2D eigenvalue weighted by molar-refractivity contribution is 5.46. The molecule has 94 valence electrons. The van der Waals surface area contributed by atoms with Gasteiger partial charge in [-0.1, -0.05) is 0 Å². The zero-order chi connectivity index (χ0) is 12.4. The molecule has 0 unspecified atom stereocenters. The predicted octanol–water partition coefficient (Wildman–Crippen LogP) is -0.757. The molecule has 0 amide bonds. The van der Waals surface area contributed by atoms with E-state index in [1.54, 1.807) is 12.1 Å². The van der Waals surface area contributed by atoms with Crippen molar-refractivity contribution in [2.24, 2.45) is 0 Å². The van der Waals surface area contributed by atoms with Crippen molar-refractivity contribution in [1.29, 1.82) is 0 Å². The number of phenols is 1. The van der Waals surface area contributed by atoms with Gasteiger partial charge < -0.3 is 30.5 Å². The van der Waals surface area contributed by atoms with Crippen LogP contribution in [0.1, 0.15) is 0 Å². The van der Waals surface area contributed by atoms with Gasteiger partial charge in [0, 0.05) is 5.69 Å². The van der Waals surface area contributed by atoms with E-state index in [0.29, 0.717) is 5.69 Å². The molecule has 1 aliphatic heterocycles. The third-order valence-corrected chi connectivity index (χ3v) is 2.68. The van der Waals surface area contributed by atoms with Crippen LogP contribution < -0.4 is 5.32 Å². The summed E-state index contributed by atoms with van der Waals surface area (Å²) in [6.07, 6.45) is -4.33. The summed E-state index contributed by atoms with van der Waals surface area (Å²) in [5.41, 5.74) is 0.635. The Labute approximate surface area is 98.1 Å². The summed E-state index contributed by atoms with van der Waals surface area (Å²) in [6, 6.07) is 6.21. The highest BCUT2D eigenvalue weighted by Crippen LogP contribution is 2.20. The molecule has 5 N–H and O–H groups in total. The van der Waals surface area contributed by atoms with E-state index in [9.17, 15) is 15.3 Å². The van der Waals surface area contributed by atoms with E-state index in [2.05, 4.69) is 5.32 Å². The average Bonchev–Trinajstić information content (AvgIpc) is 2.33. The van der Waals surface area contributed by atoms with E-state index < -0.39 is 24.5 Å². The standard InChI is InChI=1S/C11H15NO5/c13-7-3-1-6(2-4-7)12-11-10(16)9(15)8(14)5-17-11/h1-4,8-16H,5H2/t8-,9-,10+,11+/m0/s1. The van der Waals surface area contributed by atoms with Crippen LogP contribution in [-0.4, -0.2) is 51.6 Å². The first kappa shape index (κ1) is 12.1. The molecule has 4 atom stereocenters. The molecule has 1 aromatic carbocycles. The quantitative estimate of drug-likeness (QED) is 0.436. The van der Waals surface area contributed by atoms with E-state index in [1.165, 1.54) is 12.1 Å². The molecule has 17 heavy (non-hydrogen) atoms. The highest BCUT2D eigenvalue weighted by atomic mass is 16.5. The second-order valence-corrected chi connectivity index (χ2v) is 3.99. The second-order valence-electron chi connectivity index (χ2n) is 3.99. The van der Waals surface area contributed by atoms with Gasteiger partial charge >= 0.3 is 0 Å². The highest BCUT2D eigenvalue weighted by Gasteiger charge is 2.37. The van der Waals surface area contributed by atoms with Crippen molar-refractivity contribution >= 4 is 5.69 Å². The zero-order valence-corrected chi connectivity index (χ0v) is 9.02. The van der Waals surface area contributed by atoms with Crippen molar-refractivity contribution in [1.82, 2.24) is 0 Å². The van der Waals surface area contributed by atoms with Crippen LogP contribution in [0.5, 0.6) is 5.75 Å². The van der Waals surface area contributed by atoms with Gasteiger partial charge in [0.25, 0.3) is 0 Å². The molecule has 0 aliphatic carbocycles. The van der Waals surface area contributed by atoms with Gasteiger partial charge in [0.1, 0.15) is 24.1 Å². The third kappa shape index (κ3) is 2.67. The van der Waals surface area contributed by atoms with Crippen molar-refractivity contribution in [3.05, 3.63) is 24.3 Å². The van der Waals surface area contributed by atoms with E-state index in [-0.39, 0.29) is 12.4 Å². The van der Waals surface area contributed by atoms with Crippen LogP contribution in [0, 0.1) is 0 Å². The molecule has 6 heteroatoms. The van der Waals surface area contributed by atoms with Gasteiger partial charge in [-0.05, 0) is 24.3 Å². The molecule has 0 saturated carbocycles. The Morgan fingerprint density at radius 1 is 1.06 bits per heavy atom. The monoisotopic (exact) mass is 241 g/mol. The fraction of sp³-hybridized carbons (Fsp3) is 0.455. The Bertz CT molecular complexity index is 369.